The fraction of sp³-hybridized carbons (Fsp3) is 0.667. The zero-order valence-electron chi connectivity index (χ0n) is 9.05. The Morgan fingerprint density at radius 2 is 2.29 bits per heavy atom. The molecule has 0 radical (unpaired) electrons. The summed E-state index contributed by atoms with van der Waals surface area (Å²) in [5.41, 5.74) is 0. The summed E-state index contributed by atoms with van der Waals surface area (Å²) in [5.74, 6) is 1.75. The Labute approximate surface area is 90.5 Å². The second-order valence-electron chi connectivity index (χ2n) is 4.20. The highest BCUT2D eigenvalue weighted by Gasteiger charge is 2.32. The van der Waals surface area contributed by atoms with Gasteiger partial charge in [-0.2, -0.15) is 0 Å². The number of rotatable bonds is 4. The van der Waals surface area contributed by atoms with Crippen molar-refractivity contribution in [2.45, 2.75) is 32.6 Å². The van der Waals surface area contributed by atoms with E-state index in [0.29, 0.717) is 0 Å². The van der Waals surface area contributed by atoms with Crippen molar-refractivity contribution in [2.75, 3.05) is 13.1 Å². The Hall–Kier alpha value is -0.340. The van der Waals surface area contributed by atoms with Gasteiger partial charge in [0.2, 0.25) is 0 Å². The largest absolute Gasteiger partial charge is 0.317 e. The molecule has 2 heteroatoms. The molecule has 1 aromatic rings. The maximum atomic E-state index is 3.46. The van der Waals surface area contributed by atoms with Crippen LogP contribution in [-0.2, 0) is 0 Å². The fourth-order valence-corrected chi connectivity index (χ4v) is 3.28. The van der Waals surface area contributed by atoms with Crippen LogP contribution in [0.5, 0.6) is 0 Å². The number of hydrogen-bond donors (Lipinski definition) is 1. The summed E-state index contributed by atoms with van der Waals surface area (Å²) >= 11 is 1.98. The minimum absolute atomic E-state index is 0.854. The van der Waals surface area contributed by atoms with Gasteiger partial charge in [0.05, 0.1) is 0 Å². The standard InChI is InChI=1S/C12H19NS/c1-3-13-8-10-5-6-11(10)12-7-4-9(2)14-12/h4,7,10-11,13H,3,5-6,8H2,1-2H3. The van der Waals surface area contributed by atoms with E-state index in [1.807, 2.05) is 11.3 Å². The van der Waals surface area contributed by atoms with E-state index < -0.39 is 0 Å². The molecular weight excluding hydrogens is 190 g/mol. The quantitative estimate of drug-likeness (QED) is 0.803. The van der Waals surface area contributed by atoms with Gasteiger partial charge < -0.3 is 5.32 Å². The topological polar surface area (TPSA) is 12.0 Å². The van der Waals surface area contributed by atoms with Crippen LogP contribution in [0, 0.1) is 12.8 Å². The molecule has 2 rings (SSSR count). The highest BCUT2D eigenvalue weighted by atomic mass is 32.1. The minimum atomic E-state index is 0.854. The Morgan fingerprint density at radius 1 is 1.43 bits per heavy atom. The van der Waals surface area contributed by atoms with Crippen LogP contribution in [-0.4, -0.2) is 13.1 Å². The smallest absolute Gasteiger partial charge is 0.00822 e. The van der Waals surface area contributed by atoms with Crippen molar-refractivity contribution in [3.8, 4) is 0 Å². The molecule has 0 saturated heterocycles. The zero-order chi connectivity index (χ0) is 9.97. The molecule has 1 aliphatic rings. The molecule has 0 bridgehead atoms. The third kappa shape index (κ3) is 2.01. The molecular formula is C12H19NS. The summed E-state index contributed by atoms with van der Waals surface area (Å²) in [6.45, 7) is 6.69. The average molecular weight is 209 g/mol. The van der Waals surface area contributed by atoms with E-state index in [1.54, 1.807) is 4.88 Å². The van der Waals surface area contributed by atoms with Gasteiger partial charge in [0.1, 0.15) is 0 Å². The van der Waals surface area contributed by atoms with E-state index in [1.165, 1.54) is 24.3 Å². The maximum absolute atomic E-state index is 3.46. The summed E-state index contributed by atoms with van der Waals surface area (Å²) in [4.78, 5) is 3.06. The summed E-state index contributed by atoms with van der Waals surface area (Å²) in [7, 11) is 0. The third-order valence-corrected chi connectivity index (χ3v) is 4.33. The second-order valence-corrected chi connectivity index (χ2v) is 5.52. The molecule has 0 amide bonds. The molecule has 1 saturated carbocycles. The van der Waals surface area contributed by atoms with Crippen molar-refractivity contribution >= 4 is 11.3 Å². The van der Waals surface area contributed by atoms with Gasteiger partial charge in [-0.25, -0.2) is 0 Å². The molecule has 1 heterocycles. The first-order valence-corrected chi connectivity index (χ1v) is 6.40. The van der Waals surface area contributed by atoms with E-state index in [9.17, 15) is 0 Å². The van der Waals surface area contributed by atoms with Crippen LogP contribution >= 0.6 is 11.3 Å². The van der Waals surface area contributed by atoms with Crippen LogP contribution in [0.3, 0.4) is 0 Å². The first kappa shape index (κ1) is 10.2. The molecule has 0 aliphatic heterocycles. The lowest BCUT2D eigenvalue weighted by Gasteiger charge is -2.36. The molecule has 2 atom stereocenters. The Kier molecular flexibility index (Phi) is 3.24. The summed E-state index contributed by atoms with van der Waals surface area (Å²) in [6.07, 6.45) is 2.81. The molecule has 1 aromatic heterocycles. The van der Waals surface area contributed by atoms with Gasteiger partial charge in [-0.3, -0.25) is 0 Å². The zero-order valence-corrected chi connectivity index (χ0v) is 9.86. The van der Waals surface area contributed by atoms with Gasteiger partial charge in [0.15, 0.2) is 0 Å². The first-order chi connectivity index (χ1) is 6.81. The van der Waals surface area contributed by atoms with Crippen LogP contribution in [0.25, 0.3) is 0 Å². The molecule has 1 aliphatic carbocycles. The molecule has 0 aromatic carbocycles. The lowest BCUT2D eigenvalue weighted by Crippen LogP contribution is -2.33. The monoisotopic (exact) mass is 209 g/mol. The molecule has 78 valence electrons. The van der Waals surface area contributed by atoms with Gasteiger partial charge in [-0.15, -0.1) is 11.3 Å². The lowest BCUT2D eigenvalue weighted by molar-refractivity contribution is 0.251. The lowest BCUT2D eigenvalue weighted by atomic mass is 9.73. The van der Waals surface area contributed by atoms with Crippen molar-refractivity contribution in [3.63, 3.8) is 0 Å². The summed E-state index contributed by atoms with van der Waals surface area (Å²) in [5, 5.41) is 3.46. The SMILES string of the molecule is CCNCC1CCC1c1ccc(C)s1. The Bertz CT molecular complexity index is 292. The van der Waals surface area contributed by atoms with Crippen molar-refractivity contribution in [1.82, 2.24) is 5.32 Å². The van der Waals surface area contributed by atoms with Crippen LogP contribution < -0.4 is 5.32 Å². The normalized spacial score (nSPS) is 26.1. The molecule has 14 heavy (non-hydrogen) atoms. The predicted molar refractivity (Wildman–Crippen MR) is 63.1 cm³/mol. The third-order valence-electron chi connectivity index (χ3n) is 3.20. The van der Waals surface area contributed by atoms with Crippen molar-refractivity contribution in [1.29, 1.82) is 0 Å². The highest BCUT2D eigenvalue weighted by molar-refractivity contribution is 7.12. The van der Waals surface area contributed by atoms with Crippen LogP contribution in [0.1, 0.15) is 35.4 Å². The number of aryl methyl sites for hydroxylation is 1. The summed E-state index contributed by atoms with van der Waals surface area (Å²) < 4.78 is 0. The van der Waals surface area contributed by atoms with E-state index in [4.69, 9.17) is 0 Å². The van der Waals surface area contributed by atoms with Crippen molar-refractivity contribution in [3.05, 3.63) is 21.9 Å². The fourth-order valence-electron chi connectivity index (χ4n) is 2.17. The van der Waals surface area contributed by atoms with E-state index in [0.717, 1.165) is 18.4 Å². The number of hydrogen-bond acceptors (Lipinski definition) is 2. The van der Waals surface area contributed by atoms with E-state index in [2.05, 4.69) is 31.3 Å². The minimum Gasteiger partial charge on any atom is -0.317 e. The number of thiophene rings is 1. The average Bonchev–Trinajstić information content (AvgIpc) is 2.51. The molecule has 1 fully saturated rings. The highest BCUT2D eigenvalue weighted by Crippen LogP contribution is 2.44. The van der Waals surface area contributed by atoms with Gasteiger partial charge in [-0.05, 0) is 56.8 Å². The number of nitrogens with one attached hydrogen (secondary N) is 1. The maximum Gasteiger partial charge on any atom is 0.00822 e. The van der Waals surface area contributed by atoms with Gasteiger partial charge in [0.25, 0.3) is 0 Å². The van der Waals surface area contributed by atoms with E-state index >= 15 is 0 Å². The second kappa shape index (κ2) is 4.45. The van der Waals surface area contributed by atoms with Crippen molar-refractivity contribution in [2.24, 2.45) is 5.92 Å². The Balaban J connectivity index is 1.92. The van der Waals surface area contributed by atoms with Crippen LogP contribution in [0.4, 0.5) is 0 Å². The molecule has 0 spiro atoms. The van der Waals surface area contributed by atoms with Crippen LogP contribution in [0.2, 0.25) is 0 Å². The Morgan fingerprint density at radius 3 is 2.79 bits per heavy atom. The van der Waals surface area contributed by atoms with E-state index in [-0.39, 0.29) is 0 Å². The molecule has 1 nitrogen and oxygen atoms in total. The molecule has 2 unspecified atom stereocenters. The predicted octanol–water partition coefficient (Wildman–Crippen LogP) is 3.16. The molecule has 1 N–H and O–H groups in total. The van der Waals surface area contributed by atoms with Gasteiger partial charge in [0, 0.05) is 9.75 Å². The first-order valence-electron chi connectivity index (χ1n) is 5.58. The van der Waals surface area contributed by atoms with Gasteiger partial charge >= 0.3 is 0 Å². The summed E-state index contributed by atoms with van der Waals surface area (Å²) in [6, 6.07) is 4.57. The van der Waals surface area contributed by atoms with Crippen molar-refractivity contribution < 1.29 is 0 Å². The van der Waals surface area contributed by atoms with Gasteiger partial charge in [-0.1, -0.05) is 6.92 Å². The van der Waals surface area contributed by atoms with Crippen LogP contribution in [0.15, 0.2) is 12.1 Å².